The quantitative estimate of drug-likeness (QED) is 0.885. The molecule has 0 fully saturated rings. The predicted molar refractivity (Wildman–Crippen MR) is 74.1 cm³/mol. The summed E-state index contributed by atoms with van der Waals surface area (Å²) in [5.41, 5.74) is 0.887. The first-order chi connectivity index (χ1) is 9.97. The van der Waals surface area contributed by atoms with Crippen LogP contribution in [0.25, 0.3) is 0 Å². The molecule has 0 saturated heterocycles. The predicted octanol–water partition coefficient (Wildman–Crippen LogP) is 3.49. The Balaban J connectivity index is 1.97. The lowest BCUT2D eigenvalue weighted by atomic mass is 10.1. The molecule has 5 heteroatoms. The number of nitrogens with one attached hydrogen (secondary N) is 1. The van der Waals surface area contributed by atoms with Gasteiger partial charge in [-0.1, -0.05) is 18.2 Å². The molecule has 2 aromatic rings. The molecular formula is C16H16F3NO. The summed E-state index contributed by atoms with van der Waals surface area (Å²) in [6, 6.07) is 8.90. The highest BCUT2D eigenvalue weighted by Gasteiger charge is 2.15. The SMILES string of the molecule is C[C@H](NCC(O)c1ccc(F)cc1F)c1ccc(F)cc1. The lowest BCUT2D eigenvalue weighted by Gasteiger charge is -2.18. The third-order valence-corrected chi connectivity index (χ3v) is 3.31. The Hall–Kier alpha value is -1.85. The van der Waals surface area contributed by atoms with Gasteiger partial charge in [-0.3, -0.25) is 0 Å². The molecule has 0 aliphatic heterocycles. The van der Waals surface area contributed by atoms with Crippen LogP contribution in [0.2, 0.25) is 0 Å². The molecule has 0 aliphatic carbocycles. The van der Waals surface area contributed by atoms with Gasteiger partial charge < -0.3 is 10.4 Å². The van der Waals surface area contributed by atoms with E-state index < -0.39 is 17.7 Å². The van der Waals surface area contributed by atoms with E-state index in [1.807, 2.05) is 6.92 Å². The molecule has 0 bridgehead atoms. The molecule has 2 aromatic carbocycles. The molecule has 0 saturated carbocycles. The fourth-order valence-electron chi connectivity index (χ4n) is 2.04. The Morgan fingerprint density at radius 2 is 1.62 bits per heavy atom. The van der Waals surface area contributed by atoms with Gasteiger partial charge in [-0.2, -0.15) is 0 Å². The first kappa shape index (κ1) is 15.5. The minimum atomic E-state index is -1.09. The Labute approximate surface area is 121 Å². The van der Waals surface area contributed by atoms with Crippen LogP contribution < -0.4 is 5.32 Å². The largest absolute Gasteiger partial charge is 0.387 e. The molecule has 0 spiro atoms. The Morgan fingerprint density at radius 3 is 2.24 bits per heavy atom. The van der Waals surface area contributed by atoms with Gasteiger partial charge in [0.05, 0.1) is 6.10 Å². The smallest absolute Gasteiger partial charge is 0.131 e. The van der Waals surface area contributed by atoms with Crippen LogP contribution in [0.1, 0.15) is 30.2 Å². The van der Waals surface area contributed by atoms with Gasteiger partial charge in [-0.25, -0.2) is 13.2 Å². The molecule has 0 aliphatic rings. The maximum absolute atomic E-state index is 13.5. The Morgan fingerprint density at radius 1 is 1.00 bits per heavy atom. The van der Waals surface area contributed by atoms with Gasteiger partial charge in [0.25, 0.3) is 0 Å². The van der Waals surface area contributed by atoms with E-state index in [-0.39, 0.29) is 24.0 Å². The van der Waals surface area contributed by atoms with E-state index >= 15 is 0 Å². The topological polar surface area (TPSA) is 32.3 Å². The van der Waals surface area contributed by atoms with E-state index in [9.17, 15) is 18.3 Å². The van der Waals surface area contributed by atoms with Crippen LogP contribution in [0.5, 0.6) is 0 Å². The van der Waals surface area contributed by atoms with Crippen molar-refractivity contribution in [3.8, 4) is 0 Å². The van der Waals surface area contributed by atoms with E-state index in [0.29, 0.717) is 0 Å². The van der Waals surface area contributed by atoms with Crippen LogP contribution in [0.3, 0.4) is 0 Å². The molecule has 2 rings (SSSR count). The molecule has 0 amide bonds. The molecule has 0 radical (unpaired) electrons. The number of rotatable bonds is 5. The second-order valence-corrected chi connectivity index (χ2v) is 4.86. The molecule has 1 unspecified atom stereocenters. The normalized spacial score (nSPS) is 14.0. The molecule has 2 atom stereocenters. The summed E-state index contributed by atoms with van der Waals surface area (Å²) in [4.78, 5) is 0. The van der Waals surface area contributed by atoms with Crippen molar-refractivity contribution in [2.24, 2.45) is 0 Å². The van der Waals surface area contributed by atoms with Gasteiger partial charge >= 0.3 is 0 Å². The number of aliphatic hydroxyl groups excluding tert-OH is 1. The number of hydrogen-bond acceptors (Lipinski definition) is 2. The highest BCUT2D eigenvalue weighted by molar-refractivity contribution is 5.22. The lowest BCUT2D eigenvalue weighted by Crippen LogP contribution is -2.25. The van der Waals surface area contributed by atoms with E-state index in [1.165, 1.54) is 18.2 Å². The van der Waals surface area contributed by atoms with Crippen LogP contribution in [0.15, 0.2) is 42.5 Å². The van der Waals surface area contributed by atoms with Gasteiger partial charge in [-0.05, 0) is 30.7 Å². The molecule has 112 valence electrons. The fourth-order valence-corrected chi connectivity index (χ4v) is 2.04. The van der Waals surface area contributed by atoms with Crippen molar-refractivity contribution >= 4 is 0 Å². The number of aliphatic hydroxyl groups is 1. The van der Waals surface area contributed by atoms with Crippen LogP contribution in [-0.4, -0.2) is 11.7 Å². The zero-order valence-electron chi connectivity index (χ0n) is 11.5. The first-order valence-electron chi connectivity index (χ1n) is 6.59. The second kappa shape index (κ2) is 6.74. The molecule has 0 aromatic heterocycles. The van der Waals surface area contributed by atoms with E-state index in [0.717, 1.165) is 17.7 Å². The summed E-state index contributed by atoms with van der Waals surface area (Å²) in [6.07, 6.45) is -1.09. The van der Waals surface area contributed by atoms with Crippen molar-refractivity contribution in [2.75, 3.05) is 6.54 Å². The van der Waals surface area contributed by atoms with Crippen LogP contribution in [0.4, 0.5) is 13.2 Å². The van der Waals surface area contributed by atoms with E-state index in [2.05, 4.69) is 5.32 Å². The van der Waals surface area contributed by atoms with Crippen molar-refractivity contribution in [1.29, 1.82) is 0 Å². The number of benzene rings is 2. The maximum Gasteiger partial charge on any atom is 0.131 e. The Kier molecular flexibility index (Phi) is 4.98. The zero-order chi connectivity index (χ0) is 15.4. The molecule has 2 N–H and O–H groups in total. The second-order valence-electron chi connectivity index (χ2n) is 4.86. The van der Waals surface area contributed by atoms with E-state index in [4.69, 9.17) is 0 Å². The van der Waals surface area contributed by atoms with Gasteiger partial charge in [0.15, 0.2) is 0 Å². The summed E-state index contributed by atoms with van der Waals surface area (Å²) in [6.45, 7) is 1.95. The summed E-state index contributed by atoms with van der Waals surface area (Å²) in [5.74, 6) is -1.78. The monoisotopic (exact) mass is 295 g/mol. The summed E-state index contributed by atoms with van der Waals surface area (Å²) < 4.78 is 39.2. The highest BCUT2D eigenvalue weighted by Crippen LogP contribution is 2.19. The van der Waals surface area contributed by atoms with E-state index in [1.54, 1.807) is 12.1 Å². The maximum atomic E-state index is 13.5. The first-order valence-corrected chi connectivity index (χ1v) is 6.59. The average molecular weight is 295 g/mol. The molecule has 21 heavy (non-hydrogen) atoms. The van der Waals surface area contributed by atoms with Gasteiger partial charge in [0.1, 0.15) is 17.5 Å². The third-order valence-electron chi connectivity index (χ3n) is 3.31. The lowest BCUT2D eigenvalue weighted by molar-refractivity contribution is 0.166. The number of hydrogen-bond donors (Lipinski definition) is 2. The summed E-state index contributed by atoms with van der Waals surface area (Å²) >= 11 is 0. The van der Waals surface area contributed by atoms with Crippen molar-refractivity contribution in [3.63, 3.8) is 0 Å². The Bertz CT molecular complexity index is 601. The average Bonchev–Trinajstić information content (AvgIpc) is 2.45. The summed E-state index contributed by atoms with van der Waals surface area (Å²) in [7, 11) is 0. The van der Waals surface area contributed by atoms with Crippen molar-refractivity contribution in [2.45, 2.75) is 19.1 Å². The summed E-state index contributed by atoms with van der Waals surface area (Å²) in [5, 5.41) is 13.0. The zero-order valence-corrected chi connectivity index (χ0v) is 11.5. The van der Waals surface area contributed by atoms with Crippen molar-refractivity contribution in [1.82, 2.24) is 5.32 Å². The highest BCUT2D eigenvalue weighted by atomic mass is 19.1. The van der Waals surface area contributed by atoms with Gasteiger partial charge in [0, 0.05) is 24.2 Å². The molecular weight excluding hydrogens is 279 g/mol. The van der Waals surface area contributed by atoms with Gasteiger partial charge in [-0.15, -0.1) is 0 Å². The van der Waals surface area contributed by atoms with Gasteiger partial charge in [0.2, 0.25) is 0 Å². The van der Waals surface area contributed by atoms with Crippen LogP contribution >= 0.6 is 0 Å². The minimum absolute atomic E-state index is 0.0372. The van der Waals surface area contributed by atoms with Crippen molar-refractivity contribution < 1.29 is 18.3 Å². The number of halogens is 3. The van der Waals surface area contributed by atoms with Crippen LogP contribution in [0, 0.1) is 17.5 Å². The fraction of sp³-hybridized carbons (Fsp3) is 0.250. The molecule has 2 nitrogen and oxygen atoms in total. The standard InChI is InChI=1S/C16H16F3NO/c1-10(11-2-4-12(17)5-3-11)20-9-16(21)14-7-6-13(18)8-15(14)19/h2-8,10,16,20-21H,9H2,1H3/t10-,16?/m0/s1. The minimum Gasteiger partial charge on any atom is -0.387 e. The van der Waals surface area contributed by atoms with Crippen LogP contribution in [-0.2, 0) is 0 Å². The van der Waals surface area contributed by atoms with Crippen molar-refractivity contribution in [3.05, 3.63) is 71.0 Å². The molecule has 0 heterocycles. The third kappa shape index (κ3) is 4.06.